The number of rotatable bonds is 5. The van der Waals surface area contributed by atoms with Crippen molar-refractivity contribution < 1.29 is 9.53 Å². The first-order valence-corrected chi connectivity index (χ1v) is 7.39. The van der Waals surface area contributed by atoms with Crippen molar-refractivity contribution in [3.63, 3.8) is 0 Å². The highest BCUT2D eigenvalue weighted by Gasteiger charge is 2.27. The highest BCUT2D eigenvalue weighted by atomic mass is 16.5. The van der Waals surface area contributed by atoms with Gasteiger partial charge in [0.25, 0.3) is 0 Å². The molecule has 1 amide bonds. The maximum atomic E-state index is 12.1. The van der Waals surface area contributed by atoms with Crippen LogP contribution in [0.1, 0.15) is 44.9 Å². The largest absolute Gasteiger partial charge is 0.376 e. The zero-order valence-corrected chi connectivity index (χ0v) is 11.2. The second-order valence-corrected chi connectivity index (χ2v) is 5.69. The van der Waals surface area contributed by atoms with E-state index in [-0.39, 0.29) is 17.9 Å². The van der Waals surface area contributed by atoms with Crippen LogP contribution < -0.4 is 11.1 Å². The zero-order chi connectivity index (χ0) is 12.8. The van der Waals surface area contributed by atoms with E-state index in [1.807, 2.05) is 0 Å². The van der Waals surface area contributed by atoms with Crippen LogP contribution >= 0.6 is 0 Å². The number of carbonyl (C=O) groups excluding carboxylic acids is 1. The Morgan fingerprint density at radius 1 is 1.28 bits per heavy atom. The van der Waals surface area contributed by atoms with Crippen LogP contribution in [0.5, 0.6) is 0 Å². The molecule has 4 heteroatoms. The average molecular weight is 254 g/mol. The first-order chi connectivity index (χ1) is 8.79. The van der Waals surface area contributed by atoms with Gasteiger partial charge in [-0.05, 0) is 44.6 Å². The summed E-state index contributed by atoms with van der Waals surface area (Å²) in [5.41, 5.74) is 5.61. The van der Waals surface area contributed by atoms with Crippen molar-refractivity contribution in [2.24, 2.45) is 17.6 Å². The summed E-state index contributed by atoms with van der Waals surface area (Å²) in [5, 5.41) is 3.06. The topological polar surface area (TPSA) is 64.4 Å². The molecule has 2 aliphatic rings. The highest BCUT2D eigenvalue weighted by Crippen LogP contribution is 2.30. The normalized spacial score (nSPS) is 32.4. The third-order valence-corrected chi connectivity index (χ3v) is 4.26. The Balaban J connectivity index is 1.70. The van der Waals surface area contributed by atoms with E-state index in [4.69, 9.17) is 10.5 Å². The van der Waals surface area contributed by atoms with Gasteiger partial charge in [0, 0.05) is 19.1 Å². The van der Waals surface area contributed by atoms with Gasteiger partial charge in [-0.2, -0.15) is 0 Å². The first-order valence-electron chi connectivity index (χ1n) is 7.39. The minimum absolute atomic E-state index is 0.205. The van der Waals surface area contributed by atoms with E-state index in [0.717, 1.165) is 45.3 Å². The van der Waals surface area contributed by atoms with Crippen molar-refractivity contribution in [3.05, 3.63) is 0 Å². The number of amides is 1. The molecule has 1 aliphatic heterocycles. The van der Waals surface area contributed by atoms with Crippen LogP contribution in [0.25, 0.3) is 0 Å². The standard InChI is InChI=1S/C14H26N2O2/c15-7-6-11-3-1-4-12(9-11)14(17)16-10-13-5-2-8-18-13/h11-13H,1-10,15H2,(H,16,17). The smallest absolute Gasteiger partial charge is 0.223 e. The fourth-order valence-electron chi connectivity index (χ4n) is 3.19. The van der Waals surface area contributed by atoms with Crippen molar-refractivity contribution in [3.8, 4) is 0 Å². The molecule has 3 atom stereocenters. The second kappa shape index (κ2) is 7.10. The number of nitrogens with two attached hydrogens (primary N) is 1. The summed E-state index contributed by atoms with van der Waals surface area (Å²) in [6.45, 7) is 2.29. The van der Waals surface area contributed by atoms with Gasteiger partial charge in [-0.25, -0.2) is 0 Å². The Bertz CT molecular complexity index is 263. The predicted octanol–water partition coefficient (Wildman–Crippen LogP) is 1.44. The summed E-state index contributed by atoms with van der Waals surface area (Å²) in [7, 11) is 0. The van der Waals surface area contributed by atoms with Gasteiger partial charge < -0.3 is 15.8 Å². The summed E-state index contributed by atoms with van der Waals surface area (Å²) < 4.78 is 5.52. The Labute approximate surface area is 110 Å². The fraction of sp³-hybridized carbons (Fsp3) is 0.929. The highest BCUT2D eigenvalue weighted by molar-refractivity contribution is 5.78. The molecule has 1 aliphatic carbocycles. The van der Waals surface area contributed by atoms with E-state index >= 15 is 0 Å². The third-order valence-electron chi connectivity index (χ3n) is 4.26. The molecule has 1 saturated heterocycles. The fourth-order valence-corrected chi connectivity index (χ4v) is 3.19. The number of ether oxygens (including phenoxy) is 1. The van der Waals surface area contributed by atoms with Gasteiger partial charge in [0.15, 0.2) is 0 Å². The minimum atomic E-state index is 0.205. The summed E-state index contributed by atoms with van der Waals surface area (Å²) in [6, 6.07) is 0. The molecule has 18 heavy (non-hydrogen) atoms. The van der Waals surface area contributed by atoms with Crippen molar-refractivity contribution in [1.82, 2.24) is 5.32 Å². The molecule has 4 nitrogen and oxygen atoms in total. The predicted molar refractivity (Wildman–Crippen MR) is 71.1 cm³/mol. The molecule has 3 unspecified atom stereocenters. The van der Waals surface area contributed by atoms with Crippen LogP contribution in [0.4, 0.5) is 0 Å². The molecule has 0 bridgehead atoms. The number of hydrogen-bond acceptors (Lipinski definition) is 3. The van der Waals surface area contributed by atoms with Gasteiger partial charge in [0.2, 0.25) is 5.91 Å². The summed E-state index contributed by atoms with van der Waals surface area (Å²) >= 11 is 0. The number of hydrogen-bond donors (Lipinski definition) is 2. The summed E-state index contributed by atoms with van der Waals surface area (Å²) in [4.78, 5) is 12.1. The number of nitrogens with one attached hydrogen (secondary N) is 1. The molecular weight excluding hydrogens is 228 g/mol. The molecule has 2 fully saturated rings. The monoisotopic (exact) mass is 254 g/mol. The van der Waals surface area contributed by atoms with Crippen LogP contribution in [0.15, 0.2) is 0 Å². The van der Waals surface area contributed by atoms with E-state index in [9.17, 15) is 4.79 Å². The van der Waals surface area contributed by atoms with Crippen molar-refractivity contribution in [2.75, 3.05) is 19.7 Å². The molecule has 104 valence electrons. The Morgan fingerprint density at radius 2 is 2.17 bits per heavy atom. The van der Waals surface area contributed by atoms with E-state index in [1.165, 1.54) is 12.8 Å². The molecule has 0 aromatic heterocycles. The van der Waals surface area contributed by atoms with E-state index < -0.39 is 0 Å². The Hall–Kier alpha value is -0.610. The van der Waals surface area contributed by atoms with Gasteiger partial charge in [0.05, 0.1) is 6.10 Å². The van der Waals surface area contributed by atoms with Crippen LogP contribution in [-0.4, -0.2) is 31.7 Å². The van der Waals surface area contributed by atoms with E-state index in [1.54, 1.807) is 0 Å². The van der Waals surface area contributed by atoms with Crippen molar-refractivity contribution in [2.45, 2.75) is 51.0 Å². The van der Waals surface area contributed by atoms with Crippen LogP contribution in [-0.2, 0) is 9.53 Å². The van der Waals surface area contributed by atoms with Gasteiger partial charge in [-0.15, -0.1) is 0 Å². The first kappa shape index (κ1) is 13.8. The average Bonchev–Trinajstić information content (AvgIpc) is 2.90. The lowest BCUT2D eigenvalue weighted by Crippen LogP contribution is -2.38. The summed E-state index contributed by atoms with van der Waals surface area (Å²) in [5.74, 6) is 1.09. The SMILES string of the molecule is NCCC1CCCC(C(=O)NCC2CCCO2)C1. The van der Waals surface area contributed by atoms with E-state index in [2.05, 4.69) is 5.32 Å². The van der Waals surface area contributed by atoms with Crippen molar-refractivity contribution in [1.29, 1.82) is 0 Å². The van der Waals surface area contributed by atoms with Crippen LogP contribution in [0, 0.1) is 11.8 Å². The molecule has 3 N–H and O–H groups in total. The van der Waals surface area contributed by atoms with Gasteiger partial charge in [-0.3, -0.25) is 4.79 Å². The van der Waals surface area contributed by atoms with Gasteiger partial charge in [0.1, 0.15) is 0 Å². The Kier molecular flexibility index (Phi) is 5.45. The molecular formula is C14H26N2O2. The molecule has 0 radical (unpaired) electrons. The van der Waals surface area contributed by atoms with E-state index in [0.29, 0.717) is 12.5 Å². The zero-order valence-electron chi connectivity index (χ0n) is 11.2. The maximum absolute atomic E-state index is 12.1. The summed E-state index contributed by atoms with van der Waals surface area (Å²) in [6.07, 6.45) is 8.00. The number of carbonyl (C=O) groups is 1. The lowest BCUT2D eigenvalue weighted by atomic mass is 9.79. The lowest BCUT2D eigenvalue weighted by molar-refractivity contribution is -0.127. The molecule has 2 rings (SSSR count). The van der Waals surface area contributed by atoms with Gasteiger partial charge >= 0.3 is 0 Å². The molecule has 0 aromatic carbocycles. The maximum Gasteiger partial charge on any atom is 0.223 e. The van der Waals surface area contributed by atoms with Gasteiger partial charge in [-0.1, -0.05) is 12.8 Å². The molecule has 1 heterocycles. The quantitative estimate of drug-likeness (QED) is 0.780. The molecule has 0 aromatic rings. The third kappa shape index (κ3) is 3.95. The Morgan fingerprint density at radius 3 is 2.89 bits per heavy atom. The molecule has 1 saturated carbocycles. The van der Waals surface area contributed by atoms with Crippen LogP contribution in [0.3, 0.4) is 0 Å². The minimum Gasteiger partial charge on any atom is -0.376 e. The second-order valence-electron chi connectivity index (χ2n) is 5.69. The molecule has 0 spiro atoms. The van der Waals surface area contributed by atoms with Crippen molar-refractivity contribution >= 4 is 5.91 Å². The lowest BCUT2D eigenvalue weighted by Gasteiger charge is -2.28. The van der Waals surface area contributed by atoms with Crippen LogP contribution in [0.2, 0.25) is 0 Å².